The lowest BCUT2D eigenvalue weighted by atomic mass is 9.85. The van der Waals surface area contributed by atoms with Crippen molar-refractivity contribution in [2.75, 3.05) is 29.9 Å². The Morgan fingerprint density at radius 2 is 1.71 bits per heavy atom. The number of hydrogen-bond donors (Lipinski definition) is 2. The molecular weight excluding hydrogens is 528 g/mol. The Hall–Kier alpha value is -4.59. The highest BCUT2D eigenvalue weighted by molar-refractivity contribution is 5.74. The molecule has 0 amide bonds. The van der Waals surface area contributed by atoms with Gasteiger partial charge in [0.1, 0.15) is 23.6 Å². The molecule has 8 heteroatoms. The molecule has 1 atom stereocenters. The number of hydrogen-bond acceptors (Lipinski definition) is 7. The maximum atomic E-state index is 11.6. The minimum atomic E-state index is -0.847. The summed E-state index contributed by atoms with van der Waals surface area (Å²) in [7, 11) is 0. The summed E-state index contributed by atoms with van der Waals surface area (Å²) in [6, 6.07) is 27.5. The summed E-state index contributed by atoms with van der Waals surface area (Å²) in [5, 5.41) is 12.9. The largest absolute Gasteiger partial charge is 0.490 e. The first-order valence-corrected chi connectivity index (χ1v) is 14.5. The summed E-state index contributed by atoms with van der Waals surface area (Å²) in [5.41, 5.74) is 1.85. The van der Waals surface area contributed by atoms with E-state index in [1.165, 1.54) is 0 Å². The highest BCUT2D eigenvalue weighted by Crippen LogP contribution is 2.31. The molecule has 4 aromatic rings. The second kappa shape index (κ2) is 12.9. The molecule has 218 valence electrons. The van der Waals surface area contributed by atoms with Crippen LogP contribution in [0, 0.1) is 5.41 Å². The minimum absolute atomic E-state index is 0.0361. The van der Waals surface area contributed by atoms with Crippen molar-refractivity contribution in [1.29, 1.82) is 0 Å². The van der Waals surface area contributed by atoms with E-state index in [4.69, 9.17) is 19.4 Å². The van der Waals surface area contributed by atoms with E-state index in [2.05, 4.69) is 10.2 Å². The van der Waals surface area contributed by atoms with Gasteiger partial charge in [-0.25, -0.2) is 9.97 Å². The Morgan fingerprint density at radius 3 is 2.50 bits per heavy atom. The number of nitrogens with zero attached hydrogens (tertiary/aromatic N) is 3. The first-order chi connectivity index (χ1) is 20.3. The second-order valence-electron chi connectivity index (χ2n) is 11.2. The van der Waals surface area contributed by atoms with Crippen LogP contribution in [0.2, 0.25) is 0 Å². The van der Waals surface area contributed by atoms with E-state index in [0.29, 0.717) is 24.7 Å². The summed E-state index contributed by atoms with van der Waals surface area (Å²) < 4.78 is 12.1. The first-order valence-electron chi connectivity index (χ1n) is 14.5. The molecule has 1 saturated heterocycles. The highest BCUT2D eigenvalue weighted by atomic mass is 16.5. The van der Waals surface area contributed by atoms with Gasteiger partial charge in [0.25, 0.3) is 0 Å². The zero-order valence-electron chi connectivity index (χ0n) is 24.4. The van der Waals surface area contributed by atoms with Gasteiger partial charge in [0.15, 0.2) is 11.5 Å². The molecule has 0 radical (unpaired) electrons. The van der Waals surface area contributed by atoms with Crippen molar-refractivity contribution in [3.05, 3.63) is 90.5 Å². The number of anilines is 3. The van der Waals surface area contributed by atoms with Gasteiger partial charge in [-0.15, -0.1) is 0 Å². The SMILES string of the molecule is CCOc1ccccc1O[C@@H]1CCCN(c2cccc(Nc3cccc(-c4cccc(CC(C)(C)C(=O)O)c4)n3)n2)C1. The Morgan fingerprint density at radius 1 is 0.976 bits per heavy atom. The number of piperidine rings is 1. The van der Waals surface area contributed by atoms with E-state index in [1.54, 1.807) is 13.8 Å². The van der Waals surface area contributed by atoms with Crippen LogP contribution in [0.15, 0.2) is 84.9 Å². The number of carbonyl (C=O) groups is 1. The van der Waals surface area contributed by atoms with Crippen molar-refractivity contribution in [1.82, 2.24) is 9.97 Å². The molecule has 1 fully saturated rings. The monoisotopic (exact) mass is 566 g/mol. The first kappa shape index (κ1) is 28.9. The molecule has 42 heavy (non-hydrogen) atoms. The fraction of sp³-hybridized carbons (Fsp3) is 0.324. The summed E-state index contributed by atoms with van der Waals surface area (Å²) in [6.07, 6.45) is 2.45. The molecule has 0 saturated carbocycles. The van der Waals surface area contributed by atoms with Gasteiger partial charge in [-0.3, -0.25) is 4.79 Å². The van der Waals surface area contributed by atoms with Crippen molar-refractivity contribution in [2.24, 2.45) is 5.41 Å². The van der Waals surface area contributed by atoms with Gasteiger partial charge in [0.2, 0.25) is 0 Å². The smallest absolute Gasteiger partial charge is 0.309 e. The molecule has 2 N–H and O–H groups in total. The molecular formula is C34H38N4O4. The average molecular weight is 567 g/mol. The number of ether oxygens (including phenoxy) is 2. The molecule has 1 aliphatic heterocycles. The van der Waals surface area contributed by atoms with Crippen LogP contribution < -0.4 is 19.7 Å². The number of carboxylic acid groups (broad SMARTS) is 1. The lowest BCUT2D eigenvalue weighted by Crippen LogP contribution is -2.41. The van der Waals surface area contributed by atoms with E-state index in [1.807, 2.05) is 91.9 Å². The Labute approximate surface area is 247 Å². The van der Waals surface area contributed by atoms with Crippen LogP contribution >= 0.6 is 0 Å². The van der Waals surface area contributed by atoms with Crippen LogP contribution in [0.4, 0.5) is 17.5 Å². The quantitative estimate of drug-likeness (QED) is 0.201. The van der Waals surface area contributed by atoms with Crippen LogP contribution in [0.1, 0.15) is 39.2 Å². The number of aliphatic carboxylic acids is 1. The molecule has 8 nitrogen and oxygen atoms in total. The van der Waals surface area contributed by atoms with Gasteiger partial charge >= 0.3 is 5.97 Å². The van der Waals surface area contributed by atoms with Crippen LogP contribution in [0.25, 0.3) is 11.3 Å². The topological polar surface area (TPSA) is 96.8 Å². The zero-order valence-corrected chi connectivity index (χ0v) is 24.4. The van der Waals surface area contributed by atoms with Crippen molar-refractivity contribution < 1.29 is 19.4 Å². The van der Waals surface area contributed by atoms with E-state index in [-0.39, 0.29) is 6.10 Å². The van der Waals surface area contributed by atoms with Gasteiger partial charge in [-0.1, -0.05) is 42.5 Å². The number of pyridine rings is 2. The summed E-state index contributed by atoms with van der Waals surface area (Å²) in [5.74, 6) is 3.01. The van der Waals surface area contributed by atoms with Crippen molar-refractivity contribution in [3.63, 3.8) is 0 Å². The minimum Gasteiger partial charge on any atom is -0.490 e. The molecule has 3 heterocycles. The number of rotatable bonds is 11. The van der Waals surface area contributed by atoms with Gasteiger partial charge in [0.05, 0.1) is 24.3 Å². The highest BCUT2D eigenvalue weighted by Gasteiger charge is 2.27. The van der Waals surface area contributed by atoms with Crippen LogP contribution in [0.3, 0.4) is 0 Å². The maximum Gasteiger partial charge on any atom is 0.309 e. The Kier molecular flexibility index (Phi) is 8.91. The van der Waals surface area contributed by atoms with E-state index < -0.39 is 11.4 Å². The van der Waals surface area contributed by atoms with E-state index >= 15 is 0 Å². The second-order valence-corrected chi connectivity index (χ2v) is 11.2. The average Bonchev–Trinajstić information content (AvgIpc) is 2.99. The van der Waals surface area contributed by atoms with Gasteiger partial charge < -0.3 is 24.8 Å². The fourth-order valence-corrected chi connectivity index (χ4v) is 5.14. The normalized spacial score (nSPS) is 15.2. The summed E-state index contributed by atoms with van der Waals surface area (Å²) >= 11 is 0. The predicted molar refractivity (Wildman–Crippen MR) is 166 cm³/mol. The lowest BCUT2D eigenvalue weighted by Gasteiger charge is -2.34. The van der Waals surface area contributed by atoms with Crippen molar-refractivity contribution in [3.8, 4) is 22.8 Å². The molecule has 2 aromatic heterocycles. The molecule has 2 aromatic carbocycles. The number of para-hydroxylation sites is 2. The van der Waals surface area contributed by atoms with Crippen LogP contribution in [-0.4, -0.2) is 46.8 Å². The predicted octanol–water partition coefficient (Wildman–Crippen LogP) is 6.99. The molecule has 5 rings (SSSR count). The maximum absolute atomic E-state index is 11.6. The van der Waals surface area contributed by atoms with E-state index in [0.717, 1.165) is 60.1 Å². The number of carboxylic acids is 1. The molecule has 1 aliphatic rings. The molecule has 0 spiro atoms. The Balaban J connectivity index is 1.27. The standard InChI is InChI=1S/C34H38N4O4/c1-4-41-28-15-5-6-16-29(28)42-26-13-10-20-38(23-26)32-19-9-18-31(37-32)36-30-17-8-14-27(35-30)25-12-7-11-24(21-25)22-34(2,3)33(39)40/h5-9,11-12,14-19,21,26H,4,10,13,20,22-23H2,1-3H3,(H,39,40)(H,35,36,37)/t26-/m1/s1. The lowest BCUT2D eigenvalue weighted by molar-refractivity contribution is -0.146. The number of aromatic nitrogens is 2. The summed E-state index contributed by atoms with van der Waals surface area (Å²) in [6.45, 7) is 7.69. The van der Waals surface area contributed by atoms with Crippen molar-refractivity contribution in [2.45, 2.75) is 46.1 Å². The number of benzene rings is 2. The third kappa shape index (κ3) is 7.18. The Bertz CT molecular complexity index is 1520. The third-order valence-corrected chi connectivity index (χ3v) is 7.33. The van der Waals surface area contributed by atoms with Gasteiger partial charge in [-0.2, -0.15) is 0 Å². The molecule has 0 unspecified atom stereocenters. The molecule has 0 aliphatic carbocycles. The molecule has 0 bridgehead atoms. The zero-order chi connectivity index (χ0) is 29.5. The van der Waals surface area contributed by atoms with Crippen molar-refractivity contribution >= 4 is 23.4 Å². The third-order valence-electron chi connectivity index (χ3n) is 7.33. The van der Waals surface area contributed by atoms with E-state index in [9.17, 15) is 9.90 Å². The summed E-state index contributed by atoms with van der Waals surface area (Å²) in [4.78, 5) is 23.6. The van der Waals surface area contributed by atoms with Crippen LogP contribution in [0.5, 0.6) is 11.5 Å². The number of nitrogens with one attached hydrogen (secondary N) is 1. The van der Waals surface area contributed by atoms with Gasteiger partial charge in [0, 0.05) is 12.1 Å². The fourth-order valence-electron chi connectivity index (χ4n) is 5.14. The van der Waals surface area contributed by atoms with Gasteiger partial charge in [-0.05, 0) is 88.1 Å². The van der Waals surface area contributed by atoms with Crippen LogP contribution in [-0.2, 0) is 11.2 Å².